The fraction of sp³-hybridized carbons (Fsp3) is 0.368. The molecule has 138 valence electrons. The molecule has 2 amide bonds. The Morgan fingerprint density at radius 2 is 2.12 bits per heavy atom. The third kappa shape index (κ3) is 4.09. The minimum atomic E-state index is -0.684. The van der Waals surface area contributed by atoms with Crippen molar-refractivity contribution in [3.63, 3.8) is 0 Å². The largest absolute Gasteiger partial charge is 0.349 e. The van der Waals surface area contributed by atoms with E-state index in [1.54, 1.807) is 17.9 Å². The molecule has 1 N–H and O–H groups in total. The van der Waals surface area contributed by atoms with Crippen LogP contribution < -0.4 is 5.32 Å². The Balaban J connectivity index is 1.63. The van der Waals surface area contributed by atoms with Crippen molar-refractivity contribution in [2.45, 2.75) is 25.8 Å². The molecule has 0 bridgehead atoms. The Hall–Kier alpha value is -2.28. The quantitative estimate of drug-likeness (QED) is 0.881. The molecule has 0 radical (unpaired) electrons. The molecule has 1 aromatic carbocycles. The Morgan fingerprint density at radius 1 is 1.31 bits per heavy atom. The highest BCUT2D eigenvalue weighted by atomic mass is 32.1. The van der Waals surface area contributed by atoms with Crippen LogP contribution >= 0.6 is 11.3 Å². The van der Waals surface area contributed by atoms with Gasteiger partial charge in [0.05, 0.1) is 16.8 Å². The summed E-state index contributed by atoms with van der Waals surface area (Å²) in [7, 11) is 0. The molecule has 2 heterocycles. The van der Waals surface area contributed by atoms with Crippen molar-refractivity contribution in [1.82, 2.24) is 10.2 Å². The summed E-state index contributed by atoms with van der Waals surface area (Å²) in [5.74, 6) is -1.95. The predicted octanol–water partition coefficient (Wildman–Crippen LogP) is 3.76. The van der Waals surface area contributed by atoms with Gasteiger partial charge < -0.3 is 10.2 Å². The van der Waals surface area contributed by atoms with Crippen LogP contribution in [0.5, 0.6) is 0 Å². The zero-order valence-electron chi connectivity index (χ0n) is 14.4. The second-order valence-corrected chi connectivity index (χ2v) is 7.41. The van der Waals surface area contributed by atoms with Crippen LogP contribution in [0.1, 0.15) is 41.0 Å². The summed E-state index contributed by atoms with van der Waals surface area (Å²) in [5, 5.41) is 4.63. The van der Waals surface area contributed by atoms with Crippen LogP contribution in [0.15, 0.2) is 35.7 Å². The van der Waals surface area contributed by atoms with Crippen molar-refractivity contribution in [2.24, 2.45) is 5.92 Å². The maximum Gasteiger partial charge on any atom is 0.263 e. The number of halogens is 2. The molecule has 0 saturated carbocycles. The molecule has 2 unspecified atom stereocenters. The number of likely N-dealkylation sites (tertiary alicyclic amines) is 1. The van der Waals surface area contributed by atoms with Crippen molar-refractivity contribution in [1.29, 1.82) is 0 Å². The van der Waals surface area contributed by atoms with E-state index >= 15 is 0 Å². The highest BCUT2D eigenvalue weighted by molar-refractivity contribution is 7.12. The molecule has 0 spiro atoms. The minimum absolute atomic E-state index is 0.0601. The van der Waals surface area contributed by atoms with Gasteiger partial charge in [-0.05, 0) is 37.3 Å². The number of amides is 2. The van der Waals surface area contributed by atoms with Gasteiger partial charge in [-0.2, -0.15) is 0 Å². The summed E-state index contributed by atoms with van der Waals surface area (Å²) in [5.41, 5.74) is 0.238. The van der Waals surface area contributed by atoms with Gasteiger partial charge in [-0.25, -0.2) is 8.78 Å². The van der Waals surface area contributed by atoms with E-state index in [0.29, 0.717) is 24.4 Å². The fourth-order valence-corrected chi connectivity index (χ4v) is 3.88. The topological polar surface area (TPSA) is 49.4 Å². The van der Waals surface area contributed by atoms with E-state index in [9.17, 15) is 18.4 Å². The molecule has 2 atom stereocenters. The first-order valence-electron chi connectivity index (χ1n) is 8.54. The average Bonchev–Trinajstić information content (AvgIpc) is 3.15. The Morgan fingerprint density at radius 3 is 2.81 bits per heavy atom. The van der Waals surface area contributed by atoms with Gasteiger partial charge in [0.15, 0.2) is 0 Å². The Bertz CT molecular complexity index is 795. The summed E-state index contributed by atoms with van der Waals surface area (Å²) in [4.78, 5) is 27.4. The summed E-state index contributed by atoms with van der Waals surface area (Å²) in [6, 6.07) is 6.33. The number of benzene rings is 1. The van der Waals surface area contributed by atoms with E-state index in [4.69, 9.17) is 0 Å². The van der Waals surface area contributed by atoms with E-state index < -0.39 is 17.7 Å². The summed E-state index contributed by atoms with van der Waals surface area (Å²) in [6.07, 6.45) is 1.42. The van der Waals surface area contributed by atoms with Gasteiger partial charge in [0.1, 0.15) is 11.6 Å². The maximum atomic E-state index is 13.9. The van der Waals surface area contributed by atoms with Crippen LogP contribution in [0.2, 0.25) is 0 Å². The van der Waals surface area contributed by atoms with Gasteiger partial charge in [0.25, 0.3) is 5.91 Å². The number of rotatable bonds is 4. The van der Waals surface area contributed by atoms with Gasteiger partial charge in [-0.15, -0.1) is 11.3 Å². The molecule has 1 aliphatic rings. The van der Waals surface area contributed by atoms with Crippen molar-refractivity contribution in [3.8, 4) is 0 Å². The zero-order valence-corrected chi connectivity index (χ0v) is 15.2. The van der Waals surface area contributed by atoms with Gasteiger partial charge in [-0.3, -0.25) is 9.59 Å². The van der Waals surface area contributed by atoms with Crippen LogP contribution in [-0.4, -0.2) is 29.8 Å². The Kier molecular flexibility index (Phi) is 5.66. The minimum Gasteiger partial charge on any atom is -0.349 e. The summed E-state index contributed by atoms with van der Waals surface area (Å²) in [6.45, 7) is 2.63. The van der Waals surface area contributed by atoms with E-state index in [1.807, 2.05) is 11.4 Å². The van der Waals surface area contributed by atoms with Crippen LogP contribution in [0, 0.1) is 17.6 Å². The number of hydrogen-bond donors (Lipinski definition) is 1. The number of hydrogen-bond acceptors (Lipinski definition) is 3. The van der Waals surface area contributed by atoms with E-state index in [0.717, 1.165) is 12.5 Å². The fourth-order valence-electron chi connectivity index (χ4n) is 3.19. The lowest BCUT2D eigenvalue weighted by Gasteiger charge is -2.32. The van der Waals surface area contributed by atoms with Gasteiger partial charge >= 0.3 is 0 Å². The summed E-state index contributed by atoms with van der Waals surface area (Å²) >= 11 is 1.38. The average molecular weight is 378 g/mol. The summed E-state index contributed by atoms with van der Waals surface area (Å²) < 4.78 is 26.9. The number of nitrogens with zero attached hydrogens (tertiary/aromatic N) is 1. The molecule has 0 aliphatic carbocycles. The lowest BCUT2D eigenvalue weighted by Crippen LogP contribution is -2.45. The van der Waals surface area contributed by atoms with E-state index in [1.165, 1.54) is 23.5 Å². The van der Waals surface area contributed by atoms with Crippen molar-refractivity contribution < 1.29 is 18.4 Å². The van der Waals surface area contributed by atoms with Crippen molar-refractivity contribution >= 4 is 23.2 Å². The molecule has 3 rings (SSSR count). The molecule has 1 fully saturated rings. The third-order valence-corrected chi connectivity index (χ3v) is 5.46. The number of nitrogens with one attached hydrogen (secondary N) is 1. The first-order valence-corrected chi connectivity index (χ1v) is 9.42. The van der Waals surface area contributed by atoms with Crippen LogP contribution in [0.4, 0.5) is 8.78 Å². The maximum absolute atomic E-state index is 13.9. The molecule has 1 aromatic heterocycles. The first kappa shape index (κ1) is 18.5. The van der Waals surface area contributed by atoms with Crippen molar-refractivity contribution in [2.75, 3.05) is 13.1 Å². The van der Waals surface area contributed by atoms with Gasteiger partial charge in [0.2, 0.25) is 5.91 Å². The van der Waals surface area contributed by atoms with E-state index in [-0.39, 0.29) is 23.3 Å². The molecule has 7 heteroatoms. The predicted molar refractivity (Wildman–Crippen MR) is 95.9 cm³/mol. The zero-order chi connectivity index (χ0) is 18.7. The number of thiophene rings is 1. The van der Waals surface area contributed by atoms with E-state index in [2.05, 4.69) is 5.32 Å². The number of carbonyl (C=O) groups excluding carboxylic acids is 2. The molecular weight excluding hydrogens is 358 g/mol. The molecule has 1 saturated heterocycles. The van der Waals surface area contributed by atoms with Crippen LogP contribution in [-0.2, 0) is 4.79 Å². The molecule has 2 aromatic rings. The standard InChI is InChI=1S/C19H20F2N2O2S/c1-12(15-7-6-14(20)10-16(15)21)22-18(24)13-4-2-8-23(11-13)19(25)17-5-3-9-26-17/h3,5-7,9-10,12-13H,2,4,8,11H2,1H3,(H,22,24). The normalized spacial score (nSPS) is 18.4. The highest BCUT2D eigenvalue weighted by Crippen LogP contribution is 2.23. The second-order valence-electron chi connectivity index (χ2n) is 6.46. The first-order chi connectivity index (χ1) is 12.5. The lowest BCUT2D eigenvalue weighted by molar-refractivity contribution is -0.127. The third-order valence-electron chi connectivity index (χ3n) is 4.60. The highest BCUT2D eigenvalue weighted by Gasteiger charge is 2.30. The smallest absolute Gasteiger partial charge is 0.263 e. The Labute approximate surface area is 154 Å². The molecule has 1 aliphatic heterocycles. The lowest BCUT2D eigenvalue weighted by atomic mass is 9.96. The SMILES string of the molecule is CC(NC(=O)C1CCCN(C(=O)c2cccs2)C1)c1ccc(F)cc1F. The van der Waals surface area contributed by atoms with Crippen LogP contribution in [0.25, 0.3) is 0 Å². The number of carbonyl (C=O) groups is 2. The molecule has 26 heavy (non-hydrogen) atoms. The molecule has 4 nitrogen and oxygen atoms in total. The number of piperidine rings is 1. The van der Waals surface area contributed by atoms with Crippen LogP contribution in [0.3, 0.4) is 0 Å². The second kappa shape index (κ2) is 7.95. The van der Waals surface area contributed by atoms with Gasteiger partial charge in [-0.1, -0.05) is 12.1 Å². The van der Waals surface area contributed by atoms with Crippen molar-refractivity contribution in [3.05, 3.63) is 57.8 Å². The molecular formula is C19H20F2N2O2S. The van der Waals surface area contributed by atoms with Gasteiger partial charge in [0, 0.05) is 24.7 Å². The monoisotopic (exact) mass is 378 g/mol.